The normalized spacial score (nSPS) is 18.6. The topological polar surface area (TPSA) is 88.0 Å². The van der Waals surface area contributed by atoms with Gasteiger partial charge in [-0.05, 0) is 26.6 Å². The van der Waals surface area contributed by atoms with Gasteiger partial charge in [0.15, 0.2) is 0 Å². The third kappa shape index (κ3) is 2.62. The summed E-state index contributed by atoms with van der Waals surface area (Å²) in [5, 5.41) is 7.30. The molecule has 1 atom stereocenters. The molecule has 7 nitrogen and oxygen atoms in total. The molecule has 124 valence electrons. The molecular formula is C17H20N6O. The minimum absolute atomic E-state index is 0.0297. The second-order valence-electron chi connectivity index (χ2n) is 5.65. The van der Waals surface area contributed by atoms with Crippen LogP contribution in [0.15, 0.2) is 31.8 Å². The minimum Gasteiger partial charge on any atom is -0.361 e. The molecule has 0 amide bonds. The van der Waals surface area contributed by atoms with Crippen LogP contribution in [0, 0.1) is 13.8 Å². The van der Waals surface area contributed by atoms with Crippen LogP contribution in [0.4, 0.5) is 5.82 Å². The van der Waals surface area contributed by atoms with Crippen molar-refractivity contribution < 1.29 is 4.52 Å². The largest absolute Gasteiger partial charge is 0.361 e. The van der Waals surface area contributed by atoms with Gasteiger partial charge in [-0.25, -0.2) is 9.98 Å². The van der Waals surface area contributed by atoms with Crippen LogP contribution in [-0.2, 0) is 0 Å². The molecule has 1 aliphatic rings. The Hall–Kier alpha value is -2.83. The molecule has 0 aliphatic carbocycles. The fraction of sp³-hybridized carbons (Fsp3) is 0.353. The van der Waals surface area contributed by atoms with Gasteiger partial charge in [0.05, 0.1) is 11.6 Å². The Morgan fingerprint density at radius 2 is 2.17 bits per heavy atom. The lowest BCUT2D eigenvalue weighted by molar-refractivity contribution is 0.393. The Bertz CT molecular complexity index is 829. The van der Waals surface area contributed by atoms with E-state index in [1.54, 1.807) is 14.1 Å². The number of anilines is 1. The van der Waals surface area contributed by atoms with Crippen molar-refractivity contribution in [3.05, 3.63) is 29.3 Å². The van der Waals surface area contributed by atoms with E-state index in [0.717, 1.165) is 39.8 Å². The molecule has 3 rings (SSSR count). The third-order valence-electron chi connectivity index (χ3n) is 4.26. The van der Waals surface area contributed by atoms with Crippen molar-refractivity contribution in [3.63, 3.8) is 0 Å². The average molecular weight is 324 g/mol. The van der Waals surface area contributed by atoms with Crippen LogP contribution < -0.4 is 5.32 Å². The molecule has 0 spiro atoms. The summed E-state index contributed by atoms with van der Waals surface area (Å²) in [5.41, 5.74) is 3.88. The van der Waals surface area contributed by atoms with Gasteiger partial charge in [-0.2, -0.15) is 0 Å². The van der Waals surface area contributed by atoms with Crippen LogP contribution in [-0.4, -0.2) is 42.6 Å². The summed E-state index contributed by atoms with van der Waals surface area (Å²) in [6.07, 6.45) is 2.45. The number of hydrogen-bond donors (Lipinski definition) is 1. The zero-order valence-electron chi connectivity index (χ0n) is 14.3. The Balaban J connectivity index is 2.07. The van der Waals surface area contributed by atoms with Crippen molar-refractivity contribution in [2.45, 2.75) is 26.2 Å². The molecule has 0 bridgehead atoms. The Morgan fingerprint density at radius 3 is 2.75 bits per heavy atom. The Kier molecular flexibility index (Phi) is 4.24. The van der Waals surface area contributed by atoms with Gasteiger partial charge in [0.25, 0.3) is 0 Å². The molecular weight excluding hydrogens is 304 g/mol. The van der Waals surface area contributed by atoms with Crippen LogP contribution in [0.25, 0.3) is 11.1 Å². The zero-order valence-corrected chi connectivity index (χ0v) is 14.3. The van der Waals surface area contributed by atoms with Gasteiger partial charge in [-0.3, -0.25) is 9.98 Å². The molecule has 7 heteroatoms. The molecule has 0 aromatic carbocycles. The van der Waals surface area contributed by atoms with Gasteiger partial charge in [0.1, 0.15) is 23.2 Å². The molecule has 1 aliphatic heterocycles. The lowest BCUT2D eigenvalue weighted by Crippen LogP contribution is -2.15. The van der Waals surface area contributed by atoms with E-state index in [0.29, 0.717) is 12.3 Å². The van der Waals surface area contributed by atoms with E-state index in [9.17, 15) is 0 Å². The first-order valence-corrected chi connectivity index (χ1v) is 7.68. The van der Waals surface area contributed by atoms with Gasteiger partial charge >= 0.3 is 0 Å². The summed E-state index contributed by atoms with van der Waals surface area (Å²) in [6.45, 7) is 7.42. The van der Waals surface area contributed by atoms with Gasteiger partial charge in [-0.15, -0.1) is 0 Å². The van der Waals surface area contributed by atoms with Crippen LogP contribution in [0.3, 0.4) is 0 Å². The molecule has 2 aromatic heterocycles. The third-order valence-corrected chi connectivity index (χ3v) is 4.26. The summed E-state index contributed by atoms with van der Waals surface area (Å²) in [6, 6.07) is 2.11. The van der Waals surface area contributed by atoms with E-state index >= 15 is 0 Å². The van der Waals surface area contributed by atoms with Gasteiger partial charge in [0.2, 0.25) is 0 Å². The number of nitrogens with one attached hydrogen (secondary N) is 1. The zero-order chi connectivity index (χ0) is 17.3. The van der Waals surface area contributed by atoms with E-state index in [-0.39, 0.29) is 5.92 Å². The number of hydrogen-bond acceptors (Lipinski definition) is 5. The van der Waals surface area contributed by atoms with Crippen molar-refractivity contribution in [1.29, 1.82) is 0 Å². The lowest BCUT2D eigenvalue weighted by atomic mass is 9.94. The fourth-order valence-electron chi connectivity index (χ4n) is 3.07. The number of pyridine rings is 1. The molecule has 2 aromatic rings. The number of aromatic nitrogens is 2. The maximum atomic E-state index is 5.28. The molecule has 24 heavy (non-hydrogen) atoms. The van der Waals surface area contributed by atoms with E-state index < -0.39 is 0 Å². The number of rotatable bonds is 3. The summed E-state index contributed by atoms with van der Waals surface area (Å²) in [5.74, 6) is 3.18. The van der Waals surface area contributed by atoms with E-state index in [1.165, 1.54) is 0 Å². The number of fused-ring (bicyclic) bond motifs is 1. The smallest absolute Gasteiger partial charge is 0.141 e. The lowest BCUT2D eigenvalue weighted by Gasteiger charge is -2.11. The maximum absolute atomic E-state index is 5.28. The van der Waals surface area contributed by atoms with Crippen LogP contribution in [0.1, 0.15) is 29.4 Å². The SMILES string of the molecule is C=NC(CC1C(=NC)Nc2ncc(-c3c(C)noc3C)cc21)=NC. The molecule has 0 saturated heterocycles. The van der Waals surface area contributed by atoms with Gasteiger partial charge in [-0.1, -0.05) is 5.16 Å². The Labute approximate surface area is 140 Å². The first kappa shape index (κ1) is 16.0. The highest BCUT2D eigenvalue weighted by Gasteiger charge is 2.31. The van der Waals surface area contributed by atoms with Crippen LogP contribution >= 0.6 is 0 Å². The molecule has 0 radical (unpaired) electrons. The first-order chi connectivity index (χ1) is 11.6. The predicted octanol–water partition coefficient (Wildman–Crippen LogP) is 3.01. The van der Waals surface area contributed by atoms with E-state index in [4.69, 9.17) is 4.52 Å². The first-order valence-electron chi connectivity index (χ1n) is 7.68. The Morgan fingerprint density at radius 1 is 1.38 bits per heavy atom. The highest BCUT2D eigenvalue weighted by atomic mass is 16.5. The molecule has 0 fully saturated rings. The van der Waals surface area contributed by atoms with Crippen molar-refractivity contribution in [1.82, 2.24) is 10.1 Å². The minimum atomic E-state index is 0.0297. The predicted molar refractivity (Wildman–Crippen MR) is 96.5 cm³/mol. The van der Waals surface area contributed by atoms with Crippen molar-refractivity contribution in [2.24, 2.45) is 15.0 Å². The fourth-order valence-corrected chi connectivity index (χ4v) is 3.07. The van der Waals surface area contributed by atoms with Gasteiger partial charge < -0.3 is 9.84 Å². The summed E-state index contributed by atoms with van der Waals surface area (Å²) in [4.78, 5) is 17.1. The number of nitrogens with zero attached hydrogens (tertiary/aromatic N) is 5. The van der Waals surface area contributed by atoms with E-state index in [1.807, 2.05) is 20.0 Å². The number of aliphatic imine (C=N–C) groups is 3. The van der Waals surface area contributed by atoms with Crippen molar-refractivity contribution in [2.75, 3.05) is 19.4 Å². The van der Waals surface area contributed by atoms with Crippen molar-refractivity contribution >= 4 is 24.2 Å². The van der Waals surface area contributed by atoms with Crippen molar-refractivity contribution in [3.8, 4) is 11.1 Å². The van der Waals surface area contributed by atoms with Crippen LogP contribution in [0.2, 0.25) is 0 Å². The summed E-state index contributed by atoms with van der Waals surface area (Å²) >= 11 is 0. The van der Waals surface area contributed by atoms with Crippen LogP contribution in [0.5, 0.6) is 0 Å². The standard InChI is InChI=1S/C17H20N6O/c1-9-15(10(2)24-23-9)11-6-12-13(7-14(18-3)19-4)16(20-5)22-17(12)21-8-11/h6,8,13H,3,7H2,1-2,4-5H3,(H,20,21,22). The summed E-state index contributed by atoms with van der Waals surface area (Å²) < 4.78 is 5.28. The summed E-state index contributed by atoms with van der Waals surface area (Å²) in [7, 11) is 3.48. The van der Waals surface area contributed by atoms with E-state index in [2.05, 4.69) is 43.2 Å². The monoisotopic (exact) mass is 324 g/mol. The quantitative estimate of drug-likeness (QED) is 0.694. The highest BCUT2D eigenvalue weighted by molar-refractivity contribution is 6.08. The molecule has 0 saturated carbocycles. The second-order valence-corrected chi connectivity index (χ2v) is 5.65. The highest BCUT2D eigenvalue weighted by Crippen LogP contribution is 2.38. The number of amidine groups is 2. The second kappa shape index (κ2) is 6.35. The number of aryl methyl sites for hydroxylation is 2. The molecule has 3 heterocycles. The average Bonchev–Trinajstić information content (AvgIpc) is 3.11. The molecule has 1 unspecified atom stereocenters. The maximum Gasteiger partial charge on any atom is 0.141 e. The van der Waals surface area contributed by atoms with Gasteiger partial charge in [0, 0.05) is 43.4 Å². The molecule has 1 N–H and O–H groups in total.